The zero-order valence-corrected chi connectivity index (χ0v) is 15.6. The van der Waals surface area contributed by atoms with E-state index in [-0.39, 0.29) is 21.7 Å². The molecule has 1 atom stereocenters. The Labute approximate surface area is 168 Å². The Hall–Kier alpha value is -3.12. The molecule has 0 saturated carbocycles. The number of aromatic nitrogens is 1. The first-order valence-corrected chi connectivity index (χ1v) is 8.84. The highest BCUT2D eigenvalue weighted by Gasteiger charge is 2.47. The van der Waals surface area contributed by atoms with Crippen LogP contribution in [0.4, 0.5) is 13.2 Å². The number of pyridine rings is 1. The molecule has 6 nitrogen and oxygen atoms in total. The second-order valence-corrected chi connectivity index (χ2v) is 6.89. The molecule has 1 fully saturated rings. The molecule has 0 radical (unpaired) electrons. The van der Waals surface area contributed by atoms with Gasteiger partial charge in [-0.3, -0.25) is 14.6 Å². The minimum atomic E-state index is -3.15. The average molecular weight is 423 g/mol. The zero-order chi connectivity index (χ0) is 21.2. The molecule has 2 amide bonds. The van der Waals surface area contributed by atoms with E-state index in [0.717, 1.165) is 11.0 Å². The maximum atomic E-state index is 14.2. The maximum absolute atomic E-state index is 14.2. The lowest BCUT2D eigenvalue weighted by Gasteiger charge is -2.19. The van der Waals surface area contributed by atoms with E-state index in [1.54, 1.807) is 6.07 Å². The summed E-state index contributed by atoms with van der Waals surface area (Å²) in [4.78, 5) is 29.4. The fourth-order valence-electron chi connectivity index (χ4n) is 3.06. The number of hydrogen-bond acceptors (Lipinski definition) is 4. The second-order valence-electron chi connectivity index (χ2n) is 6.45. The lowest BCUT2D eigenvalue weighted by Crippen LogP contribution is -2.43. The molecule has 3 rings (SSSR count). The van der Waals surface area contributed by atoms with E-state index in [2.05, 4.69) is 10.3 Å². The van der Waals surface area contributed by atoms with Crippen molar-refractivity contribution in [3.8, 4) is 17.2 Å². The number of carbonyl (C=O) groups is 2. The quantitative estimate of drug-likeness (QED) is 0.820. The molecule has 1 aliphatic rings. The molecular weight excluding hydrogens is 409 g/mol. The Morgan fingerprint density at radius 1 is 1.34 bits per heavy atom. The highest BCUT2D eigenvalue weighted by atomic mass is 35.5. The third-order valence-electron chi connectivity index (χ3n) is 4.42. The van der Waals surface area contributed by atoms with Crippen molar-refractivity contribution in [2.45, 2.75) is 18.4 Å². The molecule has 1 saturated heterocycles. The minimum Gasteiger partial charge on any atom is -0.343 e. The van der Waals surface area contributed by atoms with Crippen molar-refractivity contribution in [3.05, 3.63) is 53.1 Å². The van der Waals surface area contributed by atoms with E-state index in [9.17, 15) is 22.8 Å². The molecule has 1 aromatic carbocycles. The Morgan fingerprint density at radius 2 is 2.10 bits per heavy atom. The number of rotatable bonds is 4. The van der Waals surface area contributed by atoms with Crippen molar-refractivity contribution >= 4 is 23.4 Å². The van der Waals surface area contributed by atoms with Crippen molar-refractivity contribution in [2.24, 2.45) is 0 Å². The number of likely N-dealkylation sites (tertiary alicyclic amines) is 1. The van der Waals surface area contributed by atoms with Gasteiger partial charge in [-0.15, -0.1) is 0 Å². The number of hydrogen-bond donors (Lipinski definition) is 1. The number of carbonyl (C=O) groups excluding carboxylic acids is 2. The summed E-state index contributed by atoms with van der Waals surface area (Å²) in [5, 5.41) is 11.5. The highest BCUT2D eigenvalue weighted by Crippen LogP contribution is 2.32. The van der Waals surface area contributed by atoms with E-state index >= 15 is 0 Å². The lowest BCUT2D eigenvalue weighted by atomic mass is 10.0. The number of nitrogens with zero attached hydrogens (tertiary/aromatic N) is 3. The number of halogens is 4. The standard InChI is InChI=1S/C19H14ClF3N4O2/c20-11-1-2-16(21)14(5-11)15-8-25-4-3-13(15)18(29)26-9-17(28)27-10-19(22,23)6-12(27)7-24/h1-5,8,12H,6,9-10H2,(H,26,29)/t12-/m0/s1. The number of alkyl halides is 2. The monoisotopic (exact) mass is 422 g/mol. The first kappa shape index (κ1) is 20.6. The maximum Gasteiger partial charge on any atom is 0.268 e. The van der Waals surface area contributed by atoms with Gasteiger partial charge < -0.3 is 10.2 Å². The van der Waals surface area contributed by atoms with Gasteiger partial charge in [-0.05, 0) is 24.3 Å². The summed E-state index contributed by atoms with van der Waals surface area (Å²) in [7, 11) is 0. The van der Waals surface area contributed by atoms with Crippen LogP contribution in [0.3, 0.4) is 0 Å². The van der Waals surface area contributed by atoms with E-state index in [1.165, 1.54) is 30.6 Å². The topological polar surface area (TPSA) is 86.1 Å². The molecule has 1 aliphatic heterocycles. The van der Waals surface area contributed by atoms with Gasteiger partial charge in [0.05, 0.1) is 24.7 Å². The average Bonchev–Trinajstić information content (AvgIpc) is 3.02. The van der Waals surface area contributed by atoms with Crippen molar-refractivity contribution in [3.63, 3.8) is 0 Å². The molecule has 0 bridgehead atoms. The normalized spacial score (nSPS) is 17.6. The number of amides is 2. The van der Waals surface area contributed by atoms with Crippen LogP contribution in [0, 0.1) is 17.1 Å². The summed E-state index contributed by atoms with van der Waals surface area (Å²) in [6, 6.07) is 5.57. The summed E-state index contributed by atoms with van der Waals surface area (Å²) in [6.07, 6.45) is 1.85. The van der Waals surface area contributed by atoms with E-state index in [0.29, 0.717) is 0 Å². The van der Waals surface area contributed by atoms with Gasteiger partial charge in [0.15, 0.2) is 0 Å². The van der Waals surface area contributed by atoms with Gasteiger partial charge in [0, 0.05) is 35.0 Å². The largest absolute Gasteiger partial charge is 0.343 e. The third-order valence-corrected chi connectivity index (χ3v) is 4.66. The van der Waals surface area contributed by atoms with Crippen LogP contribution in [0.15, 0.2) is 36.7 Å². The molecule has 2 aromatic rings. The van der Waals surface area contributed by atoms with Crippen LogP contribution in [0.1, 0.15) is 16.8 Å². The molecule has 150 valence electrons. The fraction of sp³-hybridized carbons (Fsp3) is 0.263. The van der Waals surface area contributed by atoms with Crippen molar-refractivity contribution < 1.29 is 22.8 Å². The summed E-state index contributed by atoms with van der Waals surface area (Å²) in [6.45, 7) is -1.47. The third kappa shape index (κ3) is 4.49. The van der Waals surface area contributed by atoms with Crippen molar-refractivity contribution in [1.29, 1.82) is 5.26 Å². The molecular formula is C19H14ClF3N4O2. The summed E-state index contributed by atoms with van der Waals surface area (Å²) < 4.78 is 41.2. The smallest absolute Gasteiger partial charge is 0.268 e. The van der Waals surface area contributed by atoms with E-state index in [4.69, 9.17) is 16.9 Å². The van der Waals surface area contributed by atoms with Crippen LogP contribution in [0.25, 0.3) is 11.1 Å². The molecule has 2 heterocycles. The number of nitriles is 1. The molecule has 0 aliphatic carbocycles. The van der Waals surface area contributed by atoms with Gasteiger partial charge in [-0.25, -0.2) is 13.2 Å². The predicted molar refractivity (Wildman–Crippen MR) is 97.7 cm³/mol. The van der Waals surface area contributed by atoms with Gasteiger partial charge in [0.2, 0.25) is 5.91 Å². The molecule has 1 N–H and O–H groups in total. The Kier molecular flexibility index (Phi) is 5.75. The molecule has 29 heavy (non-hydrogen) atoms. The van der Waals surface area contributed by atoms with Crippen LogP contribution in [-0.2, 0) is 4.79 Å². The summed E-state index contributed by atoms with van der Waals surface area (Å²) in [5.74, 6) is -5.31. The van der Waals surface area contributed by atoms with Gasteiger partial charge in [-0.1, -0.05) is 11.6 Å². The van der Waals surface area contributed by atoms with Crippen molar-refractivity contribution in [1.82, 2.24) is 15.2 Å². The van der Waals surface area contributed by atoms with Gasteiger partial charge >= 0.3 is 0 Å². The molecule has 10 heteroatoms. The lowest BCUT2D eigenvalue weighted by molar-refractivity contribution is -0.131. The Bertz CT molecular complexity index is 1010. The molecule has 1 aromatic heterocycles. The second kappa shape index (κ2) is 8.09. The molecule has 0 spiro atoms. The van der Waals surface area contributed by atoms with Gasteiger partial charge in [0.25, 0.3) is 11.8 Å². The van der Waals surface area contributed by atoms with E-state index in [1.807, 2.05) is 0 Å². The van der Waals surface area contributed by atoms with Crippen LogP contribution in [-0.4, -0.2) is 46.8 Å². The van der Waals surface area contributed by atoms with Crippen LogP contribution in [0.5, 0.6) is 0 Å². The summed E-state index contributed by atoms with van der Waals surface area (Å²) >= 11 is 5.90. The van der Waals surface area contributed by atoms with Crippen LogP contribution >= 0.6 is 11.6 Å². The molecule has 0 unspecified atom stereocenters. The first-order chi connectivity index (χ1) is 13.7. The van der Waals surface area contributed by atoms with E-state index < -0.39 is 49.1 Å². The number of benzene rings is 1. The van der Waals surface area contributed by atoms with Crippen LogP contribution in [0.2, 0.25) is 5.02 Å². The first-order valence-electron chi connectivity index (χ1n) is 8.46. The zero-order valence-electron chi connectivity index (χ0n) is 14.8. The SMILES string of the molecule is N#C[C@@H]1CC(F)(F)CN1C(=O)CNC(=O)c1ccncc1-c1cc(Cl)ccc1F. The van der Waals surface area contributed by atoms with Crippen LogP contribution < -0.4 is 5.32 Å². The Balaban J connectivity index is 1.77. The minimum absolute atomic E-state index is 0.0255. The van der Waals surface area contributed by atoms with Crippen molar-refractivity contribution in [2.75, 3.05) is 13.1 Å². The Morgan fingerprint density at radius 3 is 2.83 bits per heavy atom. The van der Waals surface area contributed by atoms with Gasteiger partial charge in [0.1, 0.15) is 11.9 Å². The number of nitrogens with one attached hydrogen (secondary N) is 1. The predicted octanol–water partition coefficient (Wildman–Crippen LogP) is 3.03. The fourth-order valence-corrected chi connectivity index (χ4v) is 3.23. The van der Waals surface area contributed by atoms with Gasteiger partial charge in [-0.2, -0.15) is 5.26 Å². The summed E-state index contributed by atoms with van der Waals surface area (Å²) in [5.41, 5.74) is 0.225. The highest BCUT2D eigenvalue weighted by molar-refractivity contribution is 6.30.